The maximum absolute atomic E-state index is 11.5. The summed E-state index contributed by atoms with van der Waals surface area (Å²) in [7, 11) is -1.11. The summed E-state index contributed by atoms with van der Waals surface area (Å²) in [4.78, 5) is 3.89. The van der Waals surface area contributed by atoms with Gasteiger partial charge in [0, 0.05) is 24.1 Å². The first-order valence-electron chi connectivity index (χ1n) is 5.19. The highest BCUT2D eigenvalue weighted by Crippen LogP contribution is 2.21. The fourth-order valence-corrected chi connectivity index (χ4v) is 2.01. The van der Waals surface area contributed by atoms with E-state index in [0.717, 1.165) is 0 Å². The third-order valence-electron chi connectivity index (χ3n) is 2.01. The van der Waals surface area contributed by atoms with E-state index in [9.17, 15) is 4.21 Å². The molecule has 7 heteroatoms. The molecule has 0 amide bonds. The van der Waals surface area contributed by atoms with Crippen LogP contribution >= 0.6 is 11.6 Å². The van der Waals surface area contributed by atoms with Crippen molar-refractivity contribution >= 4 is 22.4 Å². The number of rotatable bonds is 4. The number of nitrogens with zero attached hydrogens (tertiary/aromatic N) is 3. The molecule has 0 aliphatic carbocycles. The minimum absolute atomic E-state index is 0.302. The van der Waals surface area contributed by atoms with Crippen LogP contribution < -0.4 is 4.74 Å². The summed E-state index contributed by atoms with van der Waals surface area (Å²) in [5.74, 6) is 1.28. The van der Waals surface area contributed by atoms with Gasteiger partial charge < -0.3 is 4.74 Å². The molecule has 2 aromatic heterocycles. The van der Waals surface area contributed by atoms with Gasteiger partial charge in [0.15, 0.2) is 0 Å². The van der Waals surface area contributed by atoms with E-state index in [1.165, 1.54) is 12.4 Å². The first kappa shape index (κ1) is 12.9. The zero-order valence-electron chi connectivity index (χ0n) is 9.54. The Hall–Kier alpha value is -1.53. The van der Waals surface area contributed by atoms with Crippen LogP contribution in [-0.4, -0.2) is 25.1 Å². The molecule has 0 saturated heterocycles. The molecule has 0 aromatic carbocycles. The highest BCUT2D eigenvalue weighted by Gasteiger charge is 2.05. The van der Waals surface area contributed by atoms with Gasteiger partial charge in [-0.3, -0.25) is 9.19 Å². The van der Waals surface area contributed by atoms with Crippen LogP contribution in [0.25, 0.3) is 0 Å². The van der Waals surface area contributed by atoms with Crippen LogP contribution in [0.3, 0.4) is 0 Å². The summed E-state index contributed by atoms with van der Waals surface area (Å²) in [5, 5.41) is 8.59. The lowest BCUT2D eigenvalue weighted by molar-refractivity contribution is 0.450. The zero-order valence-corrected chi connectivity index (χ0v) is 11.1. The van der Waals surface area contributed by atoms with Crippen molar-refractivity contribution in [2.24, 2.45) is 0 Å². The molecule has 0 saturated carbocycles. The van der Waals surface area contributed by atoms with Crippen molar-refractivity contribution < 1.29 is 8.95 Å². The van der Waals surface area contributed by atoms with Crippen molar-refractivity contribution in [3.8, 4) is 11.6 Å². The first-order valence-corrected chi connectivity index (χ1v) is 6.89. The van der Waals surface area contributed by atoms with E-state index in [-0.39, 0.29) is 0 Å². The van der Waals surface area contributed by atoms with E-state index in [0.29, 0.717) is 27.4 Å². The Morgan fingerprint density at radius 1 is 1.33 bits per heavy atom. The highest BCUT2D eigenvalue weighted by atomic mass is 35.5. The molecule has 0 aliphatic heterocycles. The molecule has 2 heterocycles. The summed E-state index contributed by atoms with van der Waals surface area (Å²) in [6.45, 7) is 1.82. The maximum atomic E-state index is 11.5. The first-order chi connectivity index (χ1) is 8.69. The van der Waals surface area contributed by atoms with Crippen LogP contribution in [-0.2, 0) is 10.8 Å². The van der Waals surface area contributed by atoms with Crippen molar-refractivity contribution in [1.82, 2.24) is 15.2 Å². The summed E-state index contributed by atoms with van der Waals surface area (Å²) in [6.07, 6.45) is 3.03. The lowest BCUT2D eigenvalue weighted by Crippen LogP contribution is -2.00. The van der Waals surface area contributed by atoms with Crippen LogP contribution in [0.1, 0.15) is 6.92 Å². The second-order valence-corrected chi connectivity index (χ2v) is 5.41. The monoisotopic (exact) mass is 283 g/mol. The number of ether oxygens (including phenoxy) is 1. The number of hydrogen-bond acceptors (Lipinski definition) is 5. The molecule has 18 heavy (non-hydrogen) atoms. The zero-order chi connectivity index (χ0) is 13.0. The summed E-state index contributed by atoms with van der Waals surface area (Å²) >= 11 is 5.78. The average Bonchev–Trinajstić information content (AvgIpc) is 2.39. The molecule has 0 radical (unpaired) electrons. The standard InChI is InChI=1S/C11H10ClN3O2S/c1-2-18(16)11-4-3-10(14-15-11)17-9-5-8(12)6-13-7-9/h3-7H,2H2,1H3. The molecule has 94 valence electrons. The molecule has 0 aliphatic rings. The normalized spacial score (nSPS) is 12.1. The Labute approximate surface area is 112 Å². The number of halogens is 1. The molecular weight excluding hydrogens is 274 g/mol. The minimum atomic E-state index is -1.11. The van der Waals surface area contributed by atoms with Gasteiger partial charge in [-0.15, -0.1) is 10.2 Å². The van der Waals surface area contributed by atoms with Gasteiger partial charge in [0.25, 0.3) is 0 Å². The third-order valence-corrected chi connectivity index (χ3v) is 3.43. The molecule has 2 aromatic rings. The van der Waals surface area contributed by atoms with E-state index in [1.54, 1.807) is 18.2 Å². The smallest absolute Gasteiger partial charge is 0.238 e. The Balaban J connectivity index is 2.13. The number of pyridine rings is 1. The lowest BCUT2D eigenvalue weighted by atomic mass is 10.4. The molecular formula is C11H10ClN3O2S. The second-order valence-electron chi connectivity index (χ2n) is 3.28. The predicted molar refractivity (Wildman–Crippen MR) is 68.3 cm³/mol. The van der Waals surface area contributed by atoms with E-state index in [4.69, 9.17) is 16.3 Å². The lowest BCUT2D eigenvalue weighted by Gasteiger charge is -2.04. The van der Waals surface area contributed by atoms with Gasteiger partial charge in [0.05, 0.1) is 22.0 Å². The SMILES string of the molecule is CCS(=O)c1ccc(Oc2cncc(Cl)c2)nn1. The van der Waals surface area contributed by atoms with Gasteiger partial charge in [-0.25, -0.2) is 0 Å². The van der Waals surface area contributed by atoms with Gasteiger partial charge in [-0.2, -0.15) is 0 Å². The van der Waals surface area contributed by atoms with Crippen molar-refractivity contribution in [3.05, 3.63) is 35.6 Å². The van der Waals surface area contributed by atoms with Crippen LogP contribution in [0, 0.1) is 0 Å². The fraction of sp³-hybridized carbons (Fsp3) is 0.182. The topological polar surface area (TPSA) is 65.0 Å². The summed E-state index contributed by atoms with van der Waals surface area (Å²) in [6, 6.07) is 4.85. The Morgan fingerprint density at radius 2 is 2.17 bits per heavy atom. The summed E-state index contributed by atoms with van der Waals surface area (Å²) < 4.78 is 16.9. The maximum Gasteiger partial charge on any atom is 0.238 e. The molecule has 2 rings (SSSR count). The van der Waals surface area contributed by atoms with Gasteiger partial charge in [-0.05, 0) is 6.07 Å². The van der Waals surface area contributed by atoms with Gasteiger partial charge in [-0.1, -0.05) is 18.5 Å². The fourth-order valence-electron chi connectivity index (χ4n) is 1.20. The van der Waals surface area contributed by atoms with E-state index in [2.05, 4.69) is 15.2 Å². The minimum Gasteiger partial charge on any atom is -0.436 e. The molecule has 0 spiro atoms. The van der Waals surface area contributed by atoms with E-state index in [1.807, 2.05) is 6.92 Å². The second kappa shape index (κ2) is 5.88. The van der Waals surface area contributed by atoms with Gasteiger partial charge in [0.2, 0.25) is 5.88 Å². The quantitative estimate of drug-likeness (QED) is 0.862. The largest absolute Gasteiger partial charge is 0.436 e. The molecule has 0 N–H and O–H groups in total. The van der Waals surface area contributed by atoms with Crippen molar-refractivity contribution in [2.75, 3.05) is 5.75 Å². The predicted octanol–water partition coefficient (Wildman–Crippen LogP) is 2.44. The third kappa shape index (κ3) is 3.24. The van der Waals surface area contributed by atoms with Crippen molar-refractivity contribution in [2.45, 2.75) is 11.9 Å². The van der Waals surface area contributed by atoms with Gasteiger partial charge in [0.1, 0.15) is 10.8 Å². The molecule has 5 nitrogen and oxygen atoms in total. The Morgan fingerprint density at radius 3 is 2.78 bits per heavy atom. The van der Waals surface area contributed by atoms with Crippen LogP contribution in [0.15, 0.2) is 35.6 Å². The average molecular weight is 284 g/mol. The van der Waals surface area contributed by atoms with E-state index < -0.39 is 10.8 Å². The van der Waals surface area contributed by atoms with E-state index >= 15 is 0 Å². The van der Waals surface area contributed by atoms with Crippen molar-refractivity contribution in [1.29, 1.82) is 0 Å². The molecule has 1 unspecified atom stereocenters. The Kier molecular flexibility index (Phi) is 4.22. The summed E-state index contributed by atoms with van der Waals surface area (Å²) in [5.41, 5.74) is 0. The van der Waals surface area contributed by atoms with Crippen LogP contribution in [0.5, 0.6) is 11.6 Å². The van der Waals surface area contributed by atoms with Crippen LogP contribution in [0.4, 0.5) is 0 Å². The van der Waals surface area contributed by atoms with Crippen LogP contribution in [0.2, 0.25) is 5.02 Å². The number of hydrogen-bond donors (Lipinski definition) is 0. The molecule has 1 atom stereocenters. The highest BCUT2D eigenvalue weighted by molar-refractivity contribution is 7.84. The molecule has 0 fully saturated rings. The number of aromatic nitrogens is 3. The Bertz CT molecular complexity index is 562. The van der Waals surface area contributed by atoms with Gasteiger partial charge >= 0.3 is 0 Å². The van der Waals surface area contributed by atoms with Crippen molar-refractivity contribution in [3.63, 3.8) is 0 Å². The molecule has 0 bridgehead atoms.